The van der Waals surface area contributed by atoms with Crippen LogP contribution in [-0.4, -0.2) is 37.3 Å². The summed E-state index contributed by atoms with van der Waals surface area (Å²) >= 11 is 0. The Hall–Kier alpha value is -2.89. The summed E-state index contributed by atoms with van der Waals surface area (Å²) in [7, 11) is 0. The number of rotatable bonds is 5. The van der Waals surface area contributed by atoms with Gasteiger partial charge in [0, 0.05) is 24.2 Å². The normalized spacial score (nSPS) is 18.0. The summed E-state index contributed by atoms with van der Waals surface area (Å²) in [5.41, 5.74) is 2.00. The molecular weight excluding hydrogens is 356 g/mol. The topological polar surface area (TPSA) is 60.0 Å². The second-order valence-corrected chi connectivity index (χ2v) is 6.92. The number of carbonyl (C=O) groups is 1. The number of likely N-dealkylation sites (tertiary alicyclic amines) is 1. The Morgan fingerprint density at radius 2 is 2.04 bits per heavy atom. The zero-order chi connectivity index (χ0) is 19.3. The Bertz CT molecular complexity index is 839. The van der Waals surface area contributed by atoms with E-state index in [2.05, 4.69) is 5.32 Å². The molecule has 6 nitrogen and oxygen atoms in total. The van der Waals surface area contributed by atoms with E-state index in [0.29, 0.717) is 26.4 Å². The number of ether oxygens (including phenoxy) is 3. The van der Waals surface area contributed by atoms with Crippen molar-refractivity contribution >= 4 is 6.03 Å². The fourth-order valence-electron chi connectivity index (χ4n) is 3.91. The lowest BCUT2D eigenvalue weighted by atomic mass is 10.0. The number of urea groups is 1. The largest absolute Gasteiger partial charge is 0.494 e. The predicted octanol–water partition coefficient (Wildman–Crippen LogP) is 3.90. The van der Waals surface area contributed by atoms with E-state index in [-0.39, 0.29) is 12.1 Å². The summed E-state index contributed by atoms with van der Waals surface area (Å²) in [6.45, 7) is 4.82. The average molecular weight is 382 g/mol. The molecule has 1 fully saturated rings. The Kier molecular flexibility index (Phi) is 5.55. The van der Waals surface area contributed by atoms with E-state index in [1.54, 1.807) is 0 Å². The number of nitrogens with zero attached hydrogens (tertiary/aromatic N) is 1. The van der Waals surface area contributed by atoms with E-state index in [1.165, 1.54) is 0 Å². The van der Waals surface area contributed by atoms with E-state index in [4.69, 9.17) is 14.2 Å². The van der Waals surface area contributed by atoms with Crippen LogP contribution in [0.3, 0.4) is 0 Å². The van der Waals surface area contributed by atoms with Crippen LogP contribution >= 0.6 is 0 Å². The Morgan fingerprint density at radius 3 is 2.93 bits per heavy atom. The van der Waals surface area contributed by atoms with Gasteiger partial charge in [0.25, 0.3) is 0 Å². The SMILES string of the molecule is CCOc1ccccc1CNC(=O)N1CCCC1c1cccc2c1OCCO2. The van der Waals surface area contributed by atoms with Crippen LogP contribution in [-0.2, 0) is 6.54 Å². The molecule has 2 aliphatic rings. The molecule has 0 bridgehead atoms. The first-order valence-electron chi connectivity index (χ1n) is 9.91. The van der Waals surface area contributed by atoms with Crippen LogP contribution in [0.5, 0.6) is 17.2 Å². The lowest BCUT2D eigenvalue weighted by molar-refractivity contribution is 0.163. The van der Waals surface area contributed by atoms with Crippen molar-refractivity contribution in [2.75, 3.05) is 26.4 Å². The molecular formula is C22H26N2O4. The van der Waals surface area contributed by atoms with Crippen LogP contribution in [0.25, 0.3) is 0 Å². The highest BCUT2D eigenvalue weighted by atomic mass is 16.6. The molecule has 0 aromatic heterocycles. The van der Waals surface area contributed by atoms with Crippen molar-refractivity contribution in [2.24, 2.45) is 0 Å². The monoisotopic (exact) mass is 382 g/mol. The van der Waals surface area contributed by atoms with Gasteiger partial charge in [-0.15, -0.1) is 0 Å². The third kappa shape index (κ3) is 3.72. The van der Waals surface area contributed by atoms with Gasteiger partial charge in [-0.25, -0.2) is 4.79 Å². The minimum absolute atomic E-state index is 0.00112. The van der Waals surface area contributed by atoms with Gasteiger partial charge in [0.15, 0.2) is 11.5 Å². The highest BCUT2D eigenvalue weighted by molar-refractivity contribution is 5.75. The minimum Gasteiger partial charge on any atom is -0.494 e. The van der Waals surface area contributed by atoms with Crippen molar-refractivity contribution in [3.63, 3.8) is 0 Å². The summed E-state index contributed by atoms with van der Waals surface area (Å²) in [5.74, 6) is 2.35. The molecule has 2 aromatic rings. The van der Waals surface area contributed by atoms with Gasteiger partial charge in [-0.1, -0.05) is 30.3 Å². The fourth-order valence-corrected chi connectivity index (χ4v) is 3.91. The third-order valence-electron chi connectivity index (χ3n) is 5.17. The van der Waals surface area contributed by atoms with Crippen LogP contribution in [0.2, 0.25) is 0 Å². The van der Waals surface area contributed by atoms with Crippen molar-refractivity contribution in [2.45, 2.75) is 32.4 Å². The highest BCUT2D eigenvalue weighted by Gasteiger charge is 2.33. The standard InChI is InChI=1S/C22H26N2O4/c1-2-26-19-10-4-3-7-16(19)15-23-22(25)24-12-6-9-18(24)17-8-5-11-20-21(17)28-14-13-27-20/h3-5,7-8,10-11,18H,2,6,9,12-15H2,1H3,(H,23,25). The summed E-state index contributed by atoms with van der Waals surface area (Å²) in [6.07, 6.45) is 1.89. The van der Waals surface area contributed by atoms with Crippen LogP contribution in [0, 0.1) is 0 Å². The summed E-state index contributed by atoms with van der Waals surface area (Å²) in [6, 6.07) is 13.7. The smallest absolute Gasteiger partial charge is 0.318 e. The Balaban J connectivity index is 1.48. The number of hydrogen-bond acceptors (Lipinski definition) is 4. The molecule has 0 radical (unpaired) electrons. The number of fused-ring (bicyclic) bond motifs is 1. The van der Waals surface area contributed by atoms with Gasteiger partial charge in [0.2, 0.25) is 0 Å². The first kappa shape index (κ1) is 18.5. The number of hydrogen-bond donors (Lipinski definition) is 1. The molecule has 148 valence electrons. The second kappa shape index (κ2) is 8.42. The summed E-state index contributed by atoms with van der Waals surface area (Å²) in [5, 5.41) is 3.05. The Morgan fingerprint density at radius 1 is 1.18 bits per heavy atom. The maximum Gasteiger partial charge on any atom is 0.318 e. The summed E-state index contributed by atoms with van der Waals surface area (Å²) < 4.78 is 17.2. The predicted molar refractivity (Wildman–Crippen MR) is 106 cm³/mol. The molecule has 2 aliphatic heterocycles. The molecule has 4 rings (SSSR count). The van der Waals surface area contributed by atoms with Crippen molar-refractivity contribution in [1.29, 1.82) is 0 Å². The maximum atomic E-state index is 12.9. The molecule has 1 saturated heterocycles. The molecule has 0 saturated carbocycles. The van der Waals surface area contributed by atoms with Crippen LogP contribution in [0.4, 0.5) is 4.79 Å². The van der Waals surface area contributed by atoms with Crippen LogP contribution < -0.4 is 19.5 Å². The first-order valence-corrected chi connectivity index (χ1v) is 9.91. The van der Waals surface area contributed by atoms with E-state index in [0.717, 1.165) is 47.8 Å². The van der Waals surface area contributed by atoms with Gasteiger partial charge in [0.1, 0.15) is 19.0 Å². The summed E-state index contributed by atoms with van der Waals surface area (Å²) in [4.78, 5) is 14.8. The van der Waals surface area contributed by atoms with Gasteiger partial charge in [-0.05, 0) is 31.9 Å². The number of para-hydroxylation sites is 2. The molecule has 1 atom stereocenters. The second-order valence-electron chi connectivity index (χ2n) is 6.92. The molecule has 1 N–H and O–H groups in total. The van der Waals surface area contributed by atoms with Crippen molar-refractivity contribution in [3.05, 3.63) is 53.6 Å². The van der Waals surface area contributed by atoms with Gasteiger partial charge in [-0.3, -0.25) is 0 Å². The van der Waals surface area contributed by atoms with Crippen molar-refractivity contribution < 1.29 is 19.0 Å². The molecule has 6 heteroatoms. The lowest BCUT2D eigenvalue weighted by Crippen LogP contribution is -2.39. The zero-order valence-electron chi connectivity index (χ0n) is 16.1. The van der Waals surface area contributed by atoms with Crippen LogP contribution in [0.15, 0.2) is 42.5 Å². The number of benzene rings is 2. The number of nitrogens with one attached hydrogen (secondary N) is 1. The van der Waals surface area contributed by atoms with Gasteiger partial charge in [-0.2, -0.15) is 0 Å². The third-order valence-corrected chi connectivity index (χ3v) is 5.17. The van der Waals surface area contributed by atoms with Gasteiger partial charge >= 0.3 is 6.03 Å². The zero-order valence-corrected chi connectivity index (χ0v) is 16.1. The van der Waals surface area contributed by atoms with Crippen LogP contribution in [0.1, 0.15) is 36.9 Å². The average Bonchev–Trinajstić information content (AvgIpc) is 3.22. The molecule has 2 amide bonds. The molecule has 2 aromatic carbocycles. The van der Waals surface area contributed by atoms with E-state index < -0.39 is 0 Å². The lowest BCUT2D eigenvalue weighted by Gasteiger charge is -2.29. The molecule has 2 heterocycles. The van der Waals surface area contributed by atoms with Gasteiger partial charge < -0.3 is 24.4 Å². The van der Waals surface area contributed by atoms with E-state index in [1.807, 2.05) is 54.3 Å². The van der Waals surface area contributed by atoms with E-state index >= 15 is 0 Å². The number of carbonyl (C=O) groups excluding carboxylic acids is 1. The quantitative estimate of drug-likeness (QED) is 0.852. The van der Waals surface area contributed by atoms with Crippen molar-refractivity contribution in [3.8, 4) is 17.2 Å². The molecule has 0 aliphatic carbocycles. The van der Waals surface area contributed by atoms with Crippen molar-refractivity contribution in [1.82, 2.24) is 10.2 Å². The Labute approximate surface area is 165 Å². The fraction of sp³-hybridized carbons (Fsp3) is 0.409. The molecule has 0 spiro atoms. The highest BCUT2D eigenvalue weighted by Crippen LogP contribution is 2.42. The molecule has 28 heavy (non-hydrogen) atoms. The van der Waals surface area contributed by atoms with Gasteiger partial charge in [0.05, 0.1) is 12.6 Å². The molecule has 1 unspecified atom stereocenters. The minimum atomic E-state index is -0.0665. The number of amides is 2. The van der Waals surface area contributed by atoms with E-state index in [9.17, 15) is 4.79 Å². The first-order chi connectivity index (χ1) is 13.8. The maximum absolute atomic E-state index is 12.9.